The molecule has 0 saturated heterocycles. The summed E-state index contributed by atoms with van der Waals surface area (Å²) < 4.78 is 0. The summed E-state index contributed by atoms with van der Waals surface area (Å²) in [6, 6.07) is 15.1. The van der Waals surface area contributed by atoms with Gasteiger partial charge in [0.05, 0.1) is 5.38 Å². The third kappa shape index (κ3) is 3.21. The lowest BCUT2D eigenvalue weighted by molar-refractivity contribution is 1.01. The molecule has 0 nitrogen and oxygen atoms in total. The van der Waals surface area contributed by atoms with Crippen molar-refractivity contribution in [2.45, 2.75) is 37.0 Å². The quantitative estimate of drug-likeness (QED) is 0.492. The second kappa shape index (κ2) is 7.19. The Morgan fingerprint density at radius 2 is 1.70 bits per heavy atom. The predicted molar refractivity (Wildman–Crippen MR) is 91.1 cm³/mol. The van der Waals surface area contributed by atoms with Crippen LogP contribution in [0.1, 0.15) is 41.5 Å². The van der Waals surface area contributed by atoms with Crippen molar-refractivity contribution < 1.29 is 0 Å². The lowest BCUT2D eigenvalue weighted by Crippen LogP contribution is -1.99. The average Bonchev–Trinajstić information content (AvgIpc) is 2.53. The van der Waals surface area contributed by atoms with Crippen molar-refractivity contribution in [3.05, 3.63) is 64.7 Å². The molecule has 20 heavy (non-hydrogen) atoms. The highest BCUT2D eigenvalue weighted by Gasteiger charge is 2.15. The third-order valence-electron chi connectivity index (χ3n) is 3.70. The molecule has 1 unspecified atom stereocenters. The number of aryl methyl sites for hydroxylation is 2. The van der Waals surface area contributed by atoms with Crippen LogP contribution in [0.15, 0.2) is 47.4 Å². The zero-order chi connectivity index (χ0) is 14.5. The maximum atomic E-state index is 6.73. The van der Waals surface area contributed by atoms with E-state index in [4.69, 9.17) is 11.6 Å². The molecule has 0 aliphatic rings. The first-order valence-corrected chi connectivity index (χ1v) is 8.76. The number of halogens is 1. The number of alkyl halides is 1. The highest BCUT2D eigenvalue weighted by Crippen LogP contribution is 2.35. The highest BCUT2D eigenvalue weighted by molar-refractivity contribution is 7.98. The molecule has 2 heteroatoms. The normalized spacial score (nSPS) is 12.4. The van der Waals surface area contributed by atoms with E-state index in [-0.39, 0.29) is 5.38 Å². The first kappa shape index (κ1) is 15.5. The van der Waals surface area contributed by atoms with Gasteiger partial charge in [-0.2, -0.15) is 0 Å². The summed E-state index contributed by atoms with van der Waals surface area (Å²) in [6.45, 7) is 4.41. The van der Waals surface area contributed by atoms with E-state index in [1.807, 2.05) is 0 Å². The smallest absolute Gasteiger partial charge is 0.0846 e. The van der Waals surface area contributed by atoms with Gasteiger partial charge in [0.15, 0.2) is 0 Å². The molecular formula is C18H21ClS. The molecule has 106 valence electrons. The molecule has 0 spiro atoms. The van der Waals surface area contributed by atoms with Gasteiger partial charge in [-0.25, -0.2) is 0 Å². The number of hydrogen-bond acceptors (Lipinski definition) is 1. The molecule has 2 aromatic carbocycles. The first-order valence-electron chi connectivity index (χ1n) is 7.09. The van der Waals surface area contributed by atoms with Crippen molar-refractivity contribution in [1.29, 1.82) is 0 Å². The number of thioether (sulfide) groups is 1. The van der Waals surface area contributed by atoms with Crippen LogP contribution in [0.4, 0.5) is 0 Å². The Hall–Kier alpha value is -0.920. The zero-order valence-corrected chi connectivity index (χ0v) is 13.9. The van der Waals surface area contributed by atoms with Crippen LogP contribution in [0, 0.1) is 0 Å². The Balaban J connectivity index is 2.40. The Labute approximate surface area is 131 Å². The fourth-order valence-electron chi connectivity index (χ4n) is 2.53. The van der Waals surface area contributed by atoms with Crippen LogP contribution >= 0.6 is 23.4 Å². The van der Waals surface area contributed by atoms with Gasteiger partial charge in [-0.05, 0) is 47.4 Å². The van der Waals surface area contributed by atoms with Gasteiger partial charge in [0.1, 0.15) is 0 Å². The van der Waals surface area contributed by atoms with E-state index in [1.54, 1.807) is 11.8 Å². The topological polar surface area (TPSA) is 0 Å². The first-order chi connectivity index (χ1) is 9.71. The van der Waals surface area contributed by atoms with Gasteiger partial charge in [0, 0.05) is 4.90 Å². The molecule has 0 amide bonds. The van der Waals surface area contributed by atoms with Crippen molar-refractivity contribution in [3.63, 3.8) is 0 Å². The van der Waals surface area contributed by atoms with Crippen LogP contribution in [-0.2, 0) is 12.8 Å². The molecule has 0 fully saturated rings. The summed E-state index contributed by atoms with van der Waals surface area (Å²) in [5.41, 5.74) is 5.24. The van der Waals surface area contributed by atoms with Crippen LogP contribution in [0.5, 0.6) is 0 Å². The molecule has 2 aromatic rings. The number of benzene rings is 2. The molecule has 1 atom stereocenters. The standard InChI is InChI=1S/C18H21ClS/c1-4-13-10-11-15(12-14(13)5-2)18(19)16-8-6-7-9-17(16)20-3/h6-12,18H,4-5H2,1-3H3. The molecule has 0 N–H and O–H groups in total. The van der Waals surface area contributed by atoms with Crippen molar-refractivity contribution in [1.82, 2.24) is 0 Å². The van der Waals surface area contributed by atoms with Crippen molar-refractivity contribution >= 4 is 23.4 Å². The minimum absolute atomic E-state index is 0.0742. The van der Waals surface area contributed by atoms with Crippen LogP contribution in [-0.4, -0.2) is 6.26 Å². The van der Waals surface area contributed by atoms with Crippen molar-refractivity contribution in [3.8, 4) is 0 Å². The van der Waals surface area contributed by atoms with Gasteiger partial charge in [-0.3, -0.25) is 0 Å². The van der Waals surface area contributed by atoms with Gasteiger partial charge >= 0.3 is 0 Å². The summed E-state index contributed by atoms with van der Waals surface area (Å²) in [6.07, 6.45) is 4.24. The molecule has 0 radical (unpaired) electrons. The minimum atomic E-state index is -0.0742. The minimum Gasteiger partial charge on any atom is -0.129 e. The maximum Gasteiger partial charge on any atom is 0.0846 e. The second-order valence-electron chi connectivity index (χ2n) is 4.84. The lowest BCUT2D eigenvalue weighted by Gasteiger charge is -2.16. The molecule has 0 heterocycles. The van der Waals surface area contributed by atoms with E-state index >= 15 is 0 Å². The van der Waals surface area contributed by atoms with Crippen LogP contribution in [0.25, 0.3) is 0 Å². The molecule has 0 aliphatic heterocycles. The lowest BCUT2D eigenvalue weighted by atomic mass is 9.96. The predicted octanol–water partition coefficient (Wildman–Crippen LogP) is 5.86. The van der Waals surface area contributed by atoms with E-state index < -0.39 is 0 Å². The SMILES string of the molecule is CCc1ccc(C(Cl)c2ccccc2SC)cc1CC. The summed E-state index contributed by atoms with van der Waals surface area (Å²) in [4.78, 5) is 1.25. The fraction of sp³-hybridized carbons (Fsp3) is 0.333. The number of rotatable bonds is 5. The summed E-state index contributed by atoms with van der Waals surface area (Å²) in [5.74, 6) is 0. The Kier molecular flexibility index (Phi) is 5.56. The van der Waals surface area contributed by atoms with Crippen LogP contribution < -0.4 is 0 Å². The van der Waals surface area contributed by atoms with Gasteiger partial charge in [-0.1, -0.05) is 50.2 Å². The molecule has 0 bridgehead atoms. The third-order valence-corrected chi connectivity index (χ3v) is 5.00. The van der Waals surface area contributed by atoms with E-state index in [0.717, 1.165) is 12.8 Å². The fourth-order valence-corrected chi connectivity index (χ4v) is 3.56. The maximum absolute atomic E-state index is 6.73. The molecule has 0 aromatic heterocycles. The largest absolute Gasteiger partial charge is 0.129 e. The van der Waals surface area contributed by atoms with Crippen LogP contribution in [0.2, 0.25) is 0 Å². The van der Waals surface area contributed by atoms with Crippen molar-refractivity contribution in [2.24, 2.45) is 0 Å². The average molecular weight is 305 g/mol. The summed E-state index contributed by atoms with van der Waals surface area (Å²) >= 11 is 8.48. The zero-order valence-electron chi connectivity index (χ0n) is 12.3. The van der Waals surface area contributed by atoms with Crippen LogP contribution in [0.3, 0.4) is 0 Å². The molecule has 2 rings (SSSR count). The summed E-state index contributed by atoms with van der Waals surface area (Å²) in [5, 5.41) is -0.0742. The highest BCUT2D eigenvalue weighted by atomic mass is 35.5. The summed E-state index contributed by atoms with van der Waals surface area (Å²) in [7, 11) is 0. The Morgan fingerprint density at radius 3 is 2.35 bits per heavy atom. The monoisotopic (exact) mass is 304 g/mol. The molecule has 0 saturated carbocycles. The van der Waals surface area contributed by atoms with E-state index in [0.29, 0.717) is 0 Å². The molecular weight excluding hydrogens is 284 g/mol. The van der Waals surface area contributed by atoms with E-state index in [1.165, 1.54) is 27.1 Å². The van der Waals surface area contributed by atoms with E-state index in [2.05, 4.69) is 62.6 Å². The van der Waals surface area contributed by atoms with Gasteiger partial charge in [0.2, 0.25) is 0 Å². The van der Waals surface area contributed by atoms with Gasteiger partial charge in [0.25, 0.3) is 0 Å². The number of hydrogen-bond donors (Lipinski definition) is 0. The second-order valence-corrected chi connectivity index (χ2v) is 6.12. The van der Waals surface area contributed by atoms with E-state index in [9.17, 15) is 0 Å². The molecule has 0 aliphatic carbocycles. The van der Waals surface area contributed by atoms with Gasteiger partial charge in [-0.15, -0.1) is 23.4 Å². The Morgan fingerprint density at radius 1 is 1.00 bits per heavy atom. The Bertz CT molecular complexity index is 577. The van der Waals surface area contributed by atoms with Gasteiger partial charge < -0.3 is 0 Å². The van der Waals surface area contributed by atoms with Crippen molar-refractivity contribution in [2.75, 3.05) is 6.26 Å².